The number of ether oxygens (including phenoxy) is 2. The number of thiocarbonyl (C=S) groups is 1. The van der Waals surface area contributed by atoms with E-state index in [0.717, 1.165) is 45.7 Å². The Morgan fingerprint density at radius 3 is 2.05 bits per heavy atom. The highest BCUT2D eigenvalue weighted by Gasteiger charge is 2.42. The van der Waals surface area contributed by atoms with Crippen molar-refractivity contribution >= 4 is 23.0 Å². The molecule has 5 aromatic rings. The maximum absolute atomic E-state index is 6.09. The number of rotatable bonds is 7. The standard InChI is InChI=1S/C33H30N4O2S/c1-22-7-14-27(15-8-22)39-28-18-12-25(13-19-28)37-32(31(35-33(37)40)29-6-4-5-21-34-29)30-20-9-23(2)36(30)24-10-16-26(38-3)17-11-24/h4-21,31-32H,1-3H3,(H,35,40)/t31-,32+/m1/s1. The Morgan fingerprint density at radius 1 is 0.750 bits per heavy atom. The summed E-state index contributed by atoms with van der Waals surface area (Å²) in [4.78, 5) is 6.88. The molecule has 3 aromatic carbocycles. The van der Waals surface area contributed by atoms with Crippen LogP contribution in [-0.4, -0.2) is 21.8 Å². The summed E-state index contributed by atoms with van der Waals surface area (Å²) in [6, 6.07) is 34.2. The molecule has 0 aliphatic carbocycles. The summed E-state index contributed by atoms with van der Waals surface area (Å²) >= 11 is 5.96. The largest absolute Gasteiger partial charge is 0.497 e. The van der Waals surface area contributed by atoms with E-state index in [4.69, 9.17) is 26.7 Å². The predicted octanol–water partition coefficient (Wildman–Crippen LogP) is 7.47. The fraction of sp³-hybridized carbons (Fsp3) is 0.152. The number of aromatic nitrogens is 2. The van der Waals surface area contributed by atoms with Crippen molar-refractivity contribution in [3.05, 3.63) is 132 Å². The van der Waals surface area contributed by atoms with E-state index in [9.17, 15) is 0 Å². The van der Waals surface area contributed by atoms with E-state index in [1.165, 1.54) is 5.56 Å². The smallest absolute Gasteiger partial charge is 0.174 e. The van der Waals surface area contributed by atoms with Gasteiger partial charge in [-0.15, -0.1) is 0 Å². The number of benzene rings is 3. The van der Waals surface area contributed by atoms with Gasteiger partial charge in [-0.1, -0.05) is 23.8 Å². The molecule has 0 bridgehead atoms. The minimum atomic E-state index is -0.151. The minimum Gasteiger partial charge on any atom is -0.497 e. The zero-order valence-electron chi connectivity index (χ0n) is 22.6. The molecule has 2 aromatic heterocycles. The summed E-state index contributed by atoms with van der Waals surface area (Å²) in [5, 5.41) is 4.21. The number of methoxy groups -OCH3 is 1. The number of nitrogens with one attached hydrogen (secondary N) is 1. The molecule has 3 heterocycles. The highest BCUT2D eigenvalue weighted by atomic mass is 32.1. The number of aryl methyl sites for hydroxylation is 2. The van der Waals surface area contributed by atoms with Gasteiger partial charge >= 0.3 is 0 Å². The van der Waals surface area contributed by atoms with E-state index in [0.29, 0.717) is 5.11 Å². The summed E-state index contributed by atoms with van der Waals surface area (Å²) in [5.41, 5.74) is 6.37. The van der Waals surface area contributed by atoms with Gasteiger partial charge in [0.15, 0.2) is 5.11 Å². The molecule has 6 nitrogen and oxygen atoms in total. The second-order valence-corrected chi connectivity index (χ2v) is 10.2. The number of pyridine rings is 1. The number of nitrogens with zero attached hydrogens (tertiary/aromatic N) is 3. The van der Waals surface area contributed by atoms with Crippen LogP contribution in [0.3, 0.4) is 0 Å². The lowest BCUT2D eigenvalue weighted by Gasteiger charge is -2.29. The van der Waals surface area contributed by atoms with Crippen LogP contribution in [0.2, 0.25) is 0 Å². The monoisotopic (exact) mass is 546 g/mol. The molecule has 0 spiro atoms. The molecule has 1 fully saturated rings. The molecule has 200 valence electrons. The lowest BCUT2D eigenvalue weighted by molar-refractivity contribution is 0.414. The Hall–Kier alpha value is -4.62. The number of hydrogen-bond acceptors (Lipinski definition) is 4. The number of hydrogen-bond donors (Lipinski definition) is 1. The Morgan fingerprint density at radius 2 is 1.40 bits per heavy atom. The maximum atomic E-state index is 6.09. The number of anilines is 1. The van der Waals surface area contributed by atoms with Gasteiger partial charge in [0.05, 0.1) is 18.8 Å². The van der Waals surface area contributed by atoms with Crippen molar-refractivity contribution in [1.29, 1.82) is 0 Å². The molecule has 1 N–H and O–H groups in total. The minimum absolute atomic E-state index is 0.150. The molecule has 7 heteroatoms. The molecule has 0 unspecified atom stereocenters. The van der Waals surface area contributed by atoms with Gasteiger partial charge in [0, 0.05) is 29.0 Å². The van der Waals surface area contributed by atoms with Crippen LogP contribution in [0.4, 0.5) is 5.69 Å². The first-order valence-electron chi connectivity index (χ1n) is 13.2. The summed E-state index contributed by atoms with van der Waals surface area (Å²) in [6.07, 6.45) is 1.82. The highest BCUT2D eigenvalue weighted by molar-refractivity contribution is 7.80. The summed E-state index contributed by atoms with van der Waals surface area (Å²) in [5.74, 6) is 2.39. The van der Waals surface area contributed by atoms with Crippen LogP contribution < -0.4 is 19.7 Å². The van der Waals surface area contributed by atoms with Crippen molar-refractivity contribution in [2.45, 2.75) is 25.9 Å². The van der Waals surface area contributed by atoms with Crippen LogP contribution in [0.25, 0.3) is 5.69 Å². The first-order chi connectivity index (χ1) is 19.5. The van der Waals surface area contributed by atoms with Crippen LogP contribution in [0, 0.1) is 13.8 Å². The maximum Gasteiger partial charge on any atom is 0.174 e. The van der Waals surface area contributed by atoms with Crippen LogP contribution >= 0.6 is 12.2 Å². The third-order valence-corrected chi connectivity index (χ3v) is 7.52. The molecular formula is C33H30N4O2S. The molecule has 1 aliphatic rings. The van der Waals surface area contributed by atoms with Crippen LogP contribution in [0.1, 0.15) is 34.7 Å². The Labute approximate surface area is 239 Å². The van der Waals surface area contributed by atoms with Crippen molar-refractivity contribution in [1.82, 2.24) is 14.9 Å². The van der Waals surface area contributed by atoms with E-state index in [1.807, 2.05) is 72.9 Å². The Kier molecular flexibility index (Phi) is 6.97. The third kappa shape index (κ3) is 4.92. The van der Waals surface area contributed by atoms with Crippen molar-refractivity contribution < 1.29 is 9.47 Å². The second kappa shape index (κ2) is 10.9. The molecule has 0 radical (unpaired) electrons. The average Bonchev–Trinajstić information content (AvgIpc) is 3.54. The van der Waals surface area contributed by atoms with Gasteiger partial charge in [-0.3, -0.25) is 4.98 Å². The van der Waals surface area contributed by atoms with Crippen LogP contribution in [-0.2, 0) is 0 Å². The molecule has 1 aliphatic heterocycles. The first kappa shape index (κ1) is 25.6. The molecule has 40 heavy (non-hydrogen) atoms. The third-order valence-electron chi connectivity index (χ3n) is 7.21. The first-order valence-corrected chi connectivity index (χ1v) is 13.6. The second-order valence-electron chi connectivity index (χ2n) is 9.84. The molecule has 0 amide bonds. The van der Waals surface area contributed by atoms with Gasteiger partial charge < -0.3 is 24.3 Å². The zero-order chi connectivity index (χ0) is 27.6. The fourth-order valence-electron chi connectivity index (χ4n) is 5.22. The molecular weight excluding hydrogens is 516 g/mol. The van der Waals surface area contributed by atoms with E-state index in [1.54, 1.807) is 7.11 Å². The molecule has 0 saturated carbocycles. The van der Waals surface area contributed by atoms with Gasteiger partial charge in [-0.2, -0.15) is 0 Å². The summed E-state index contributed by atoms with van der Waals surface area (Å²) in [6.45, 7) is 4.18. The van der Waals surface area contributed by atoms with Gasteiger partial charge in [0.25, 0.3) is 0 Å². The van der Waals surface area contributed by atoms with Gasteiger partial charge in [0.1, 0.15) is 23.3 Å². The van der Waals surface area contributed by atoms with E-state index in [2.05, 4.69) is 65.0 Å². The van der Waals surface area contributed by atoms with E-state index < -0.39 is 0 Å². The van der Waals surface area contributed by atoms with Gasteiger partial charge in [-0.25, -0.2) is 0 Å². The quantitative estimate of drug-likeness (QED) is 0.214. The van der Waals surface area contributed by atoms with Gasteiger partial charge in [-0.05, 0) is 111 Å². The lowest BCUT2D eigenvalue weighted by Crippen LogP contribution is -2.30. The lowest BCUT2D eigenvalue weighted by atomic mass is 10.0. The topological polar surface area (TPSA) is 51.5 Å². The van der Waals surface area contributed by atoms with E-state index >= 15 is 0 Å². The Balaban J connectivity index is 1.40. The van der Waals surface area contributed by atoms with Crippen molar-refractivity contribution in [3.8, 4) is 22.9 Å². The molecule has 2 atom stereocenters. The summed E-state index contributed by atoms with van der Waals surface area (Å²) < 4.78 is 13.8. The van der Waals surface area contributed by atoms with Crippen molar-refractivity contribution in [2.24, 2.45) is 0 Å². The average molecular weight is 547 g/mol. The van der Waals surface area contributed by atoms with E-state index in [-0.39, 0.29) is 12.1 Å². The zero-order valence-corrected chi connectivity index (χ0v) is 23.4. The SMILES string of the molecule is COc1ccc(-n2c(C)ccc2[C@H]2[C@@H](c3ccccn3)NC(=S)N2c2ccc(Oc3ccc(C)cc3)cc2)cc1. The summed E-state index contributed by atoms with van der Waals surface area (Å²) in [7, 11) is 1.68. The molecule has 1 saturated heterocycles. The van der Waals surface area contributed by atoms with Crippen molar-refractivity contribution in [3.63, 3.8) is 0 Å². The van der Waals surface area contributed by atoms with Crippen LogP contribution in [0.15, 0.2) is 109 Å². The fourth-order valence-corrected chi connectivity index (χ4v) is 5.57. The Bertz CT molecular complexity index is 1610. The molecule has 6 rings (SSSR count). The van der Waals surface area contributed by atoms with Gasteiger partial charge in [0.2, 0.25) is 0 Å². The predicted molar refractivity (Wildman–Crippen MR) is 163 cm³/mol. The van der Waals surface area contributed by atoms with Crippen LogP contribution in [0.5, 0.6) is 17.2 Å². The van der Waals surface area contributed by atoms with Crippen molar-refractivity contribution in [2.75, 3.05) is 12.0 Å². The normalized spacial score (nSPS) is 16.6. The highest BCUT2D eigenvalue weighted by Crippen LogP contribution is 2.43.